The average Bonchev–Trinajstić information content (AvgIpc) is 2.16. The Bertz CT molecular complexity index is 266. The topological polar surface area (TPSA) is 55.1 Å². The SMILES string of the molecule is CC[C@@H]1C=CC(C(N)=O)=C(NC)C1. The van der Waals surface area contributed by atoms with Gasteiger partial charge in [-0.3, -0.25) is 4.79 Å². The van der Waals surface area contributed by atoms with Crippen LogP contribution in [0, 0.1) is 5.92 Å². The third kappa shape index (κ3) is 2.11. The Morgan fingerprint density at radius 3 is 2.92 bits per heavy atom. The molecule has 0 bridgehead atoms. The summed E-state index contributed by atoms with van der Waals surface area (Å²) >= 11 is 0. The molecule has 3 nitrogen and oxygen atoms in total. The summed E-state index contributed by atoms with van der Waals surface area (Å²) in [6.45, 7) is 2.14. The van der Waals surface area contributed by atoms with E-state index in [-0.39, 0.29) is 5.91 Å². The van der Waals surface area contributed by atoms with Gasteiger partial charge >= 0.3 is 0 Å². The van der Waals surface area contributed by atoms with Crippen LogP contribution in [0.1, 0.15) is 19.8 Å². The molecule has 0 aromatic rings. The summed E-state index contributed by atoms with van der Waals surface area (Å²) < 4.78 is 0. The molecule has 0 spiro atoms. The number of primary amides is 1. The lowest BCUT2D eigenvalue weighted by Crippen LogP contribution is -2.23. The number of allylic oxidation sites excluding steroid dienone is 2. The van der Waals surface area contributed by atoms with Gasteiger partial charge in [0.05, 0.1) is 5.57 Å². The van der Waals surface area contributed by atoms with Crippen LogP contribution in [0.15, 0.2) is 23.4 Å². The van der Waals surface area contributed by atoms with E-state index in [9.17, 15) is 4.79 Å². The van der Waals surface area contributed by atoms with Crippen molar-refractivity contribution in [3.8, 4) is 0 Å². The Hall–Kier alpha value is -1.25. The first-order valence-corrected chi connectivity index (χ1v) is 4.58. The molecular formula is C10H16N2O. The molecule has 1 atom stereocenters. The molecule has 0 aliphatic heterocycles. The van der Waals surface area contributed by atoms with Crippen LogP contribution < -0.4 is 11.1 Å². The van der Waals surface area contributed by atoms with Gasteiger partial charge in [0, 0.05) is 12.7 Å². The van der Waals surface area contributed by atoms with Gasteiger partial charge in [0.25, 0.3) is 0 Å². The molecule has 13 heavy (non-hydrogen) atoms. The molecule has 0 saturated carbocycles. The maximum absolute atomic E-state index is 11.0. The summed E-state index contributed by atoms with van der Waals surface area (Å²) in [6, 6.07) is 0. The van der Waals surface area contributed by atoms with Crippen LogP contribution >= 0.6 is 0 Å². The average molecular weight is 180 g/mol. The van der Waals surface area contributed by atoms with Crippen LogP contribution in [0.2, 0.25) is 0 Å². The first kappa shape index (κ1) is 9.84. The second kappa shape index (κ2) is 4.12. The van der Waals surface area contributed by atoms with E-state index in [0.29, 0.717) is 11.5 Å². The summed E-state index contributed by atoms with van der Waals surface area (Å²) in [5, 5.41) is 3.03. The van der Waals surface area contributed by atoms with Gasteiger partial charge in [-0.15, -0.1) is 0 Å². The fourth-order valence-corrected chi connectivity index (χ4v) is 1.52. The van der Waals surface area contributed by atoms with Crippen molar-refractivity contribution in [2.24, 2.45) is 11.7 Å². The Morgan fingerprint density at radius 2 is 2.46 bits per heavy atom. The summed E-state index contributed by atoms with van der Waals surface area (Å²) in [5.41, 5.74) is 6.81. The van der Waals surface area contributed by atoms with Crippen molar-refractivity contribution < 1.29 is 4.79 Å². The molecule has 0 radical (unpaired) electrons. The third-order valence-corrected chi connectivity index (χ3v) is 2.42. The monoisotopic (exact) mass is 180 g/mol. The van der Waals surface area contributed by atoms with Crippen LogP contribution in [0.5, 0.6) is 0 Å². The number of nitrogens with one attached hydrogen (secondary N) is 1. The Kier molecular flexibility index (Phi) is 3.12. The molecule has 1 aliphatic carbocycles. The van der Waals surface area contributed by atoms with Crippen LogP contribution in [0.25, 0.3) is 0 Å². The van der Waals surface area contributed by atoms with Gasteiger partial charge in [-0.05, 0) is 18.8 Å². The minimum absolute atomic E-state index is 0.352. The van der Waals surface area contributed by atoms with E-state index in [2.05, 4.69) is 18.3 Å². The zero-order valence-electron chi connectivity index (χ0n) is 8.13. The lowest BCUT2D eigenvalue weighted by Gasteiger charge is -2.19. The summed E-state index contributed by atoms with van der Waals surface area (Å²) in [4.78, 5) is 11.0. The second-order valence-corrected chi connectivity index (χ2v) is 3.24. The standard InChI is InChI=1S/C10H16N2O/c1-3-7-4-5-8(10(11)13)9(6-7)12-2/h4-5,7,12H,3,6H2,1-2H3,(H2,11,13)/t7-/m1/s1. The molecule has 0 heterocycles. The number of carbonyl (C=O) groups excluding carboxylic acids is 1. The van der Waals surface area contributed by atoms with Gasteiger partial charge in [-0.1, -0.05) is 19.1 Å². The zero-order chi connectivity index (χ0) is 9.84. The highest BCUT2D eigenvalue weighted by atomic mass is 16.1. The number of nitrogens with two attached hydrogens (primary N) is 1. The van der Waals surface area contributed by atoms with Crippen molar-refractivity contribution in [3.05, 3.63) is 23.4 Å². The first-order valence-electron chi connectivity index (χ1n) is 4.58. The largest absolute Gasteiger partial charge is 0.391 e. The zero-order valence-corrected chi connectivity index (χ0v) is 8.13. The van der Waals surface area contributed by atoms with E-state index < -0.39 is 0 Å². The smallest absolute Gasteiger partial charge is 0.250 e. The maximum Gasteiger partial charge on any atom is 0.250 e. The Balaban J connectivity index is 2.87. The minimum Gasteiger partial charge on any atom is -0.391 e. The molecular weight excluding hydrogens is 164 g/mol. The predicted molar refractivity (Wildman–Crippen MR) is 52.8 cm³/mol. The van der Waals surface area contributed by atoms with E-state index >= 15 is 0 Å². The molecule has 0 fully saturated rings. The molecule has 72 valence electrons. The molecule has 0 aromatic carbocycles. The van der Waals surface area contributed by atoms with Gasteiger partial charge in [0.15, 0.2) is 0 Å². The minimum atomic E-state index is -0.352. The van der Waals surface area contributed by atoms with Crippen molar-refractivity contribution >= 4 is 5.91 Å². The van der Waals surface area contributed by atoms with Crippen LogP contribution in [0.4, 0.5) is 0 Å². The van der Waals surface area contributed by atoms with Crippen LogP contribution in [-0.2, 0) is 4.79 Å². The third-order valence-electron chi connectivity index (χ3n) is 2.42. The highest BCUT2D eigenvalue weighted by Crippen LogP contribution is 2.23. The van der Waals surface area contributed by atoms with Crippen molar-refractivity contribution in [1.29, 1.82) is 0 Å². The summed E-state index contributed by atoms with van der Waals surface area (Å²) in [7, 11) is 1.82. The van der Waals surface area contributed by atoms with E-state index in [4.69, 9.17) is 5.73 Å². The van der Waals surface area contributed by atoms with Gasteiger partial charge in [0.1, 0.15) is 0 Å². The van der Waals surface area contributed by atoms with E-state index in [0.717, 1.165) is 18.5 Å². The molecule has 3 N–H and O–H groups in total. The van der Waals surface area contributed by atoms with Crippen molar-refractivity contribution in [2.45, 2.75) is 19.8 Å². The normalized spacial score (nSPS) is 21.8. The lowest BCUT2D eigenvalue weighted by molar-refractivity contribution is -0.114. The number of amides is 1. The van der Waals surface area contributed by atoms with E-state index in [1.54, 1.807) is 0 Å². The fourth-order valence-electron chi connectivity index (χ4n) is 1.52. The van der Waals surface area contributed by atoms with Crippen LogP contribution in [-0.4, -0.2) is 13.0 Å². The fraction of sp³-hybridized carbons (Fsp3) is 0.500. The number of hydrogen-bond acceptors (Lipinski definition) is 2. The van der Waals surface area contributed by atoms with Gasteiger partial charge in [0.2, 0.25) is 5.91 Å². The Morgan fingerprint density at radius 1 is 1.77 bits per heavy atom. The molecule has 1 amide bonds. The molecule has 1 rings (SSSR count). The molecule has 0 saturated heterocycles. The van der Waals surface area contributed by atoms with Crippen molar-refractivity contribution in [3.63, 3.8) is 0 Å². The van der Waals surface area contributed by atoms with E-state index in [1.165, 1.54) is 0 Å². The lowest BCUT2D eigenvalue weighted by atomic mass is 9.91. The first-order chi connectivity index (χ1) is 6.19. The molecule has 0 unspecified atom stereocenters. The van der Waals surface area contributed by atoms with Gasteiger partial charge < -0.3 is 11.1 Å². The summed E-state index contributed by atoms with van der Waals surface area (Å²) in [6.07, 6.45) is 5.86. The summed E-state index contributed by atoms with van der Waals surface area (Å²) in [5.74, 6) is 0.181. The number of hydrogen-bond donors (Lipinski definition) is 2. The number of carbonyl (C=O) groups is 1. The highest BCUT2D eigenvalue weighted by Gasteiger charge is 2.16. The van der Waals surface area contributed by atoms with Crippen LogP contribution in [0.3, 0.4) is 0 Å². The quantitative estimate of drug-likeness (QED) is 0.679. The van der Waals surface area contributed by atoms with E-state index in [1.807, 2.05) is 13.1 Å². The molecule has 3 heteroatoms. The second-order valence-electron chi connectivity index (χ2n) is 3.24. The molecule has 0 aromatic heterocycles. The maximum atomic E-state index is 11.0. The predicted octanol–water partition coefficient (Wildman–Crippen LogP) is 0.931. The van der Waals surface area contributed by atoms with Crippen molar-refractivity contribution in [1.82, 2.24) is 5.32 Å². The van der Waals surface area contributed by atoms with Gasteiger partial charge in [-0.25, -0.2) is 0 Å². The highest BCUT2D eigenvalue weighted by molar-refractivity contribution is 5.95. The number of rotatable bonds is 3. The van der Waals surface area contributed by atoms with Crippen molar-refractivity contribution in [2.75, 3.05) is 7.05 Å². The Labute approximate surface area is 78.7 Å². The molecule has 1 aliphatic rings. The van der Waals surface area contributed by atoms with Gasteiger partial charge in [-0.2, -0.15) is 0 Å².